The molecule has 6 heteroatoms. The number of thiocarbonyl (C=S) groups is 1. The van der Waals surface area contributed by atoms with Gasteiger partial charge in [0.25, 0.3) is 0 Å². The summed E-state index contributed by atoms with van der Waals surface area (Å²) in [5.41, 5.74) is 11.0. The molecule has 0 saturated carbocycles. The van der Waals surface area contributed by atoms with E-state index in [0.29, 0.717) is 17.0 Å². The number of ether oxygens (including phenoxy) is 1. The number of aryl methyl sites for hydroxylation is 1. The fourth-order valence-corrected chi connectivity index (χ4v) is 1.99. The number of phenols is 1. The summed E-state index contributed by atoms with van der Waals surface area (Å²) < 4.78 is 5.09. The molecule has 0 aliphatic carbocycles. The summed E-state index contributed by atoms with van der Waals surface area (Å²) in [6, 6.07) is 12.8. The molecule has 0 saturated heterocycles. The van der Waals surface area contributed by atoms with Crippen molar-refractivity contribution in [2.45, 2.75) is 6.92 Å². The zero-order valence-electron chi connectivity index (χ0n) is 12.3. The Morgan fingerprint density at radius 3 is 2.45 bits per heavy atom. The van der Waals surface area contributed by atoms with Gasteiger partial charge in [0.1, 0.15) is 17.2 Å². The average molecular weight is 315 g/mol. The molecule has 0 aliphatic heterocycles. The van der Waals surface area contributed by atoms with Gasteiger partial charge in [-0.25, -0.2) is 0 Å². The Balaban J connectivity index is 2.51. The van der Waals surface area contributed by atoms with Gasteiger partial charge in [-0.2, -0.15) is 5.10 Å². The molecule has 5 nitrogen and oxygen atoms in total. The third-order valence-corrected chi connectivity index (χ3v) is 3.15. The zero-order valence-corrected chi connectivity index (χ0v) is 13.1. The van der Waals surface area contributed by atoms with Crippen molar-refractivity contribution in [3.63, 3.8) is 0 Å². The van der Waals surface area contributed by atoms with E-state index < -0.39 is 0 Å². The fraction of sp³-hybridized carbons (Fsp3) is 0.125. The van der Waals surface area contributed by atoms with Crippen LogP contribution in [0.4, 0.5) is 0 Å². The van der Waals surface area contributed by atoms with E-state index in [9.17, 15) is 5.11 Å². The Labute approximate surface area is 134 Å². The number of methoxy groups -OCH3 is 1. The Hall–Kier alpha value is -2.60. The monoisotopic (exact) mass is 315 g/mol. The van der Waals surface area contributed by atoms with Gasteiger partial charge >= 0.3 is 0 Å². The van der Waals surface area contributed by atoms with Crippen LogP contribution in [-0.2, 0) is 0 Å². The molecule has 0 bridgehead atoms. The number of rotatable bonds is 4. The van der Waals surface area contributed by atoms with Crippen molar-refractivity contribution in [2.24, 2.45) is 10.8 Å². The fourth-order valence-electron chi connectivity index (χ4n) is 1.94. The molecule has 0 aliphatic rings. The number of hydrogen-bond acceptors (Lipinski definition) is 4. The lowest BCUT2D eigenvalue weighted by molar-refractivity contribution is 0.407. The maximum absolute atomic E-state index is 10.2. The Kier molecular flexibility index (Phi) is 4.95. The van der Waals surface area contributed by atoms with E-state index in [1.807, 2.05) is 31.2 Å². The van der Waals surface area contributed by atoms with Crippen LogP contribution in [0.25, 0.3) is 0 Å². The smallest absolute Gasteiger partial charge is 0.184 e. The topological polar surface area (TPSA) is 79.9 Å². The van der Waals surface area contributed by atoms with E-state index in [4.69, 9.17) is 22.7 Å². The number of benzene rings is 2. The summed E-state index contributed by atoms with van der Waals surface area (Å²) in [5.74, 6) is 0.621. The van der Waals surface area contributed by atoms with Crippen molar-refractivity contribution < 1.29 is 9.84 Å². The number of aromatic hydroxyl groups is 1. The van der Waals surface area contributed by atoms with Crippen LogP contribution in [0.1, 0.15) is 16.7 Å². The highest BCUT2D eigenvalue weighted by Crippen LogP contribution is 2.26. The summed E-state index contributed by atoms with van der Waals surface area (Å²) in [6.45, 7) is 2.00. The molecule has 0 aromatic heterocycles. The third kappa shape index (κ3) is 3.73. The van der Waals surface area contributed by atoms with E-state index in [0.717, 1.165) is 11.1 Å². The standard InChI is InChI=1S/C16H17N3O2S/c1-10-3-5-11(6-4-10)15(18-19-16(17)22)13-8-7-12(21-2)9-14(13)20/h3-9,20H,1-2H3,(H3,17,19,22)/b18-15-. The lowest BCUT2D eigenvalue weighted by atomic mass is 10.0. The first-order valence-corrected chi connectivity index (χ1v) is 6.99. The van der Waals surface area contributed by atoms with Gasteiger partial charge in [0.15, 0.2) is 5.11 Å². The molecule has 2 rings (SSSR count). The van der Waals surface area contributed by atoms with Gasteiger partial charge < -0.3 is 15.6 Å². The highest BCUT2D eigenvalue weighted by molar-refractivity contribution is 7.80. The van der Waals surface area contributed by atoms with Gasteiger partial charge in [-0.1, -0.05) is 29.8 Å². The maximum Gasteiger partial charge on any atom is 0.184 e. The molecule has 0 heterocycles. The van der Waals surface area contributed by atoms with Crippen LogP contribution in [0.15, 0.2) is 47.6 Å². The van der Waals surface area contributed by atoms with Gasteiger partial charge in [0.2, 0.25) is 0 Å². The summed E-state index contributed by atoms with van der Waals surface area (Å²) >= 11 is 4.78. The van der Waals surface area contributed by atoms with Crippen molar-refractivity contribution in [2.75, 3.05) is 7.11 Å². The highest BCUT2D eigenvalue weighted by Gasteiger charge is 2.13. The van der Waals surface area contributed by atoms with Gasteiger partial charge in [0.05, 0.1) is 7.11 Å². The Bertz CT molecular complexity index is 712. The van der Waals surface area contributed by atoms with Crippen LogP contribution in [0.5, 0.6) is 11.5 Å². The molecule has 114 valence electrons. The van der Waals surface area contributed by atoms with Crippen LogP contribution in [0.2, 0.25) is 0 Å². The molecule has 0 fully saturated rings. The number of hydrazone groups is 1. The van der Waals surface area contributed by atoms with Crippen LogP contribution >= 0.6 is 12.2 Å². The number of phenolic OH excluding ortho intramolecular Hbond substituents is 1. The molecule has 4 N–H and O–H groups in total. The lowest BCUT2D eigenvalue weighted by Crippen LogP contribution is -2.26. The predicted octanol–water partition coefficient (Wildman–Crippen LogP) is 2.29. The number of nitrogens with one attached hydrogen (secondary N) is 1. The average Bonchev–Trinajstić information content (AvgIpc) is 2.50. The van der Waals surface area contributed by atoms with Crippen LogP contribution in [0.3, 0.4) is 0 Å². The van der Waals surface area contributed by atoms with E-state index in [1.54, 1.807) is 12.1 Å². The van der Waals surface area contributed by atoms with Crippen molar-refractivity contribution in [3.05, 3.63) is 59.2 Å². The van der Waals surface area contributed by atoms with Crippen LogP contribution in [-0.4, -0.2) is 23.0 Å². The quantitative estimate of drug-likeness (QED) is 0.458. The molecule has 2 aromatic carbocycles. The molecular formula is C16H17N3O2S. The van der Waals surface area contributed by atoms with Gasteiger partial charge in [-0.3, -0.25) is 5.43 Å². The SMILES string of the molecule is COc1ccc(/C(=N\NC(N)=S)c2ccc(C)cc2)c(O)c1. The molecular weight excluding hydrogens is 298 g/mol. The summed E-state index contributed by atoms with van der Waals surface area (Å²) in [6.07, 6.45) is 0. The zero-order chi connectivity index (χ0) is 16.1. The molecule has 0 radical (unpaired) electrons. The second-order valence-corrected chi connectivity index (χ2v) is 5.13. The van der Waals surface area contributed by atoms with E-state index >= 15 is 0 Å². The first-order valence-electron chi connectivity index (χ1n) is 6.59. The van der Waals surface area contributed by atoms with Crippen molar-refractivity contribution >= 4 is 23.0 Å². The largest absolute Gasteiger partial charge is 0.507 e. The molecule has 0 spiro atoms. The summed E-state index contributed by atoms with van der Waals surface area (Å²) in [4.78, 5) is 0. The predicted molar refractivity (Wildman–Crippen MR) is 91.4 cm³/mol. The maximum atomic E-state index is 10.2. The number of nitrogens with zero attached hydrogens (tertiary/aromatic N) is 1. The van der Waals surface area contributed by atoms with Crippen LogP contribution < -0.4 is 15.9 Å². The Morgan fingerprint density at radius 1 is 1.23 bits per heavy atom. The van der Waals surface area contributed by atoms with Crippen molar-refractivity contribution in [1.82, 2.24) is 5.43 Å². The van der Waals surface area contributed by atoms with Crippen molar-refractivity contribution in [1.29, 1.82) is 0 Å². The molecule has 2 aromatic rings. The molecule has 22 heavy (non-hydrogen) atoms. The van der Waals surface area contributed by atoms with Crippen molar-refractivity contribution in [3.8, 4) is 11.5 Å². The Morgan fingerprint density at radius 2 is 1.91 bits per heavy atom. The molecule has 0 unspecified atom stereocenters. The first kappa shape index (κ1) is 15.8. The second-order valence-electron chi connectivity index (χ2n) is 4.69. The van der Waals surface area contributed by atoms with Gasteiger partial charge in [-0.15, -0.1) is 0 Å². The number of hydrogen-bond donors (Lipinski definition) is 3. The molecule has 0 amide bonds. The lowest BCUT2D eigenvalue weighted by Gasteiger charge is -2.11. The van der Waals surface area contributed by atoms with Gasteiger partial charge in [0, 0.05) is 17.2 Å². The van der Waals surface area contributed by atoms with Crippen LogP contribution in [0, 0.1) is 6.92 Å². The van der Waals surface area contributed by atoms with E-state index in [1.165, 1.54) is 13.2 Å². The van der Waals surface area contributed by atoms with Gasteiger partial charge in [-0.05, 0) is 31.3 Å². The highest BCUT2D eigenvalue weighted by atomic mass is 32.1. The first-order chi connectivity index (χ1) is 10.5. The van der Waals surface area contributed by atoms with E-state index in [-0.39, 0.29) is 10.9 Å². The minimum Gasteiger partial charge on any atom is -0.507 e. The molecule has 0 atom stereocenters. The normalized spacial score (nSPS) is 11.1. The van der Waals surface area contributed by atoms with E-state index in [2.05, 4.69) is 10.5 Å². The summed E-state index contributed by atoms with van der Waals surface area (Å²) in [5, 5.41) is 14.5. The minimum absolute atomic E-state index is 0.0533. The number of nitrogens with two attached hydrogens (primary N) is 1. The summed E-state index contributed by atoms with van der Waals surface area (Å²) in [7, 11) is 1.54. The second kappa shape index (κ2) is 6.91. The minimum atomic E-state index is 0.0533. The third-order valence-electron chi connectivity index (χ3n) is 3.06.